The van der Waals surface area contributed by atoms with E-state index in [9.17, 15) is 14.9 Å². The number of hydrogen-bond donors (Lipinski definition) is 0. The molecule has 0 aromatic heterocycles. The molecule has 5 nitrogen and oxygen atoms in total. The van der Waals surface area contributed by atoms with Crippen LogP contribution in [0.1, 0.15) is 31.1 Å². The topological polar surface area (TPSA) is 69.4 Å². The first-order chi connectivity index (χ1) is 7.70. The van der Waals surface area contributed by atoms with Gasteiger partial charge in [-0.05, 0) is 48.8 Å². The van der Waals surface area contributed by atoms with Gasteiger partial charge in [-0.15, -0.1) is 0 Å². The highest BCUT2D eigenvalue weighted by Crippen LogP contribution is 2.26. The molecule has 0 amide bonds. The summed E-state index contributed by atoms with van der Waals surface area (Å²) in [5.41, 5.74) is -0.402. The van der Waals surface area contributed by atoms with Crippen molar-refractivity contribution in [3.8, 4) is 0 Å². The number of halogens is 1. The summed E-state index contributed by atoms with van der Waals surface area (Å²) < 4.78 is 5.40. The molecular weight excluding hydrogens is 290 g/mol. The maximum absolute atomic E-state index is 11.7. The van der Waals surface area contributed by atoms with Crippen molar-refractivity contribution >= 4 is 27.6 Å². The molecule has 92 valence electrons. The summed E-state index contributed by atoms with van der Waals surface area (Å²) in [4.78, 5) is 21.7. The lowest BCUT2D eigenvalue weighted by Crippen LogP contribution is -2.23. The summed E-state index contributed by atoms with van der Waals surface area (Å²) in [7, 11) is 0. The molecular formula is C11H12BrNO4. The van der Waals surface area contributed by atoms with Gasteiger partial charge in [0.25, 0.3) is 5.69 Å². The average molecular weight is 302 g/mol. The predicted octanol–water partition coefficient (Wildman–Crippen LogP) is 3.31. The predicted molar refractivity (Wildman–Crippen MR) is 66.0 cm³/mol. The van der Waals surface area contributed by atoms with Crippen LogP contribution in [0.4, 0.5) is 5.69 Å². The third kappa shape index (κ3) is 3.81. The molecule has 0 saturated heterocycles. The summed E-state index contributed by atoms with van der Waals surface area (Å²) in [5, 5.41) is 10.6. The summed E-state index contributed by atoms with van der Waals surface area (Å²) in [6.45, 7) is 5.27. The number of nitrogens with zero attached hydrogens (tertiary/aromatic N) is 1. The van der Waals surface area contributed by atoms with Gasteiger partial charge < -0.3 is 4.74 Å². The van der Waals surface area contributed by atoms with Crippen molar-refractivity contribution in [2.24, 2.45) is 0 Å². The zero-order chi connectivity index (χ0) is 13.2. The quantitative estimate of drug-likeness (QED) is 0.477. The molecule has 0 saturated carbocycles. The first-order valence-electron chi connectivity index (χ1n) is 4.88. The van der Waals surface area contributed by atoms with E-state index in [1.54, 1.807) is 20.8 Å². The molecule has 0 aliphatic carbocycles. The van der Waals surface area contributed by atoms with Crippen LogP contribution in [0.2, 0.25) is 0 Å². The van der Waals surface area contributed by atoms with E-state index in [1.807, 2.05) is 0 Å². The molecule has 0 spiro atoms. The molecule has 1 aromatic carbocycles. The van der Waals surface area contributed by atoms with Gasteiger partial charge in [-0.2, -0.15) is 0 Å². The van der Waals surface area contributed by atoms with E-state index in [2.05, 4.69) is 15.9 Å². The lowest BCUT2D eigenvalue weighted by Gasteiger charge is -2.19. The number of rotatable bonds is 2. The van der Waals surface area contributed by atoms with Gasteiger partial charge in [0.05, 0.1) is 15.0 Å². The highest BCUT2D eigenvalue weighted by molar-refractivity contribution is 9.10. The molecule has 0 aliphatic heterocycles. The highest BCUT2D eigenvalue weighted by Gasteiger charge is 2.20. The van der Waals surface area contributed by atoms with E-state index in [4.69, 9.17) is 4.74 Å². The van der Waals surface area contributed by atoms with E-state index >= 15 is 0 Å². The average Bonchev–Trinajstić information content (AvgIpc) is 2.14. The fraction of sp³-hybridized carbons (Fsp3) is 0.364. The van der Waals surface area contributed by atoms with Gasteiger partial charge in [0.15, 0.2) is 0 Å². The summed E-state index contributed by atoms with van der Waals surface area (Å²) in [6.07, 6.45) is 0. The monoisotopic (exact) mass is 301 g/mol. The van der Waals surface area contributed by atoms with Crippen LogP contribution < -0.4 is 0 Å². The second-order valence-corrected chi connectivity index (χ2v) is 5.28. The maximum atomic E-state index is 11.7. The fourth-order valence-corrected chi connectivity index (χ4v) is 1.64. The number of carbonyl (C=O) groups is 1. The molecule has 0 bridgehead atoms. The largest absolute Gasteiger partial charge is 0.456 e. The minimum absolute atomic E-state index is 0.0858. The van der Waals surface area contributed by atoms with Crippen LogP contribution in [0.25, 0.3) is 0 Å². The van der Waals surface area contributed by atoms with Gasteiger partial charge >= 0.3 is 5.97 Å². The molecule has 0 radical (unpaired) electrons. The van der Waals surface area contributed by atoms with E-state index in [-0.39, 0.29) is 15.7 Å². The molecule has 17 heavy (non-hydrogen) atoms. The Morgan fingerprint density at radius 1 is 1.41 bits per heavy atom. The summed E-state index contributed by atoms with van der Waals surface area (Å²) >= 11 is 3.05. The SMILES string of the molecule is CC(C)(C)OC(=O)c1ccc([N+](=O)[O-])c(Br)c1. The van der Waals surface area contributed by atoms with Crippen LogP contribution in [0.3, 0.4) is 0 Å². The third-order valence-corrected chi connectivity index (χ3v) is 2.41. The lowest BCUT2D eigenvalue weighted by atomic mass is 10.1. The lowest BCUT2D eigenvalue weighted by molar-refractivity contribution is -0.385. The fourth-order valence-electron chi connectivity index (χ4n) is 1.12. The minimum Gasteiger partial charge on any atom is -0.456 e. The summed E-state index contributed by atoms with van der Waals surface area (Å²) in [6, 6.07) is 4.02. The Hall–Kier alpha value is -1.43. The van der Waals surface area contributed by atoms with Crippen LogP contribution in [0.15, 0.2) is 22.7 Å². The van der Waals surface area contributed by atoms with Crippen LogP contribution >= 0.6 is 15.9 Å². The van der Waals surface area contributed by atoms with Crippen LogP contribution in [-0.4, -0.2) is 16.5 Å². The van der Waals surface area contributed by atoms with Gasteiger partial charge in [-0.1, -0.05) is 0 Å². The number of nitro groups is 1. The number of esters is 1. The van der Waals surface area contributed by atoms with Gasteiger partial charge in [-0.25, -0.2) is 4.79 Å². The first-order valence-corrected chi connectivity index (χ1v) is 5.67. The van der Waals surface area contributed by atoms with Crippen molar-refractivity contribution < 1.29 is 14.5 Å². The molecule has 1 aromatic rings. The van der Waals surface area contributed by atoms with E-state index < -0.39 is 16.5 Å². The highest BCUT2D eigenvalue weighted by atomic mass is 79.9. The molecule has 0 aliphatic rings. The smallest absolute Gasteiger partial charge is 0.338 e. The molecule has 0 unspecified atom stereocenters. The molecule has 0 heterocycles. The van der Waals surface area contributed by atoms with Crippen molar-refractivity contribution in [2.75, 3.05) is 0 Å². The Labute approximate surface area is 107 Å². The van der Waals surface area contributed by atoms with Crippen molar-refractivity contribution in [1.29, 1.82) is 0 Å². The van der Waals surface area contributed by atoms with Crippen LogP contribution in [0, 0.1) is 10.1 Å². The third-order valence-electron chi connectivity index (χ3n) is 1.78. The van der Waals surface area contributed by atoms with E-state index in [0.29, 0.717) is 0 Å². The zero-order valence-electron chi connectivity index (χ0n) is 9.69. The van der Waals surface area contributed by atoms with Gasteiger partial charge in [-0.3, -0.25) is 10.1 Å². The number of ether oxygens (including phenoxy) is 1. The minimum atomic E-state index is -0.592. The zero-order valence-corrected chi connectivity index (χ0v) is 11.3. The van der Waals surface area contributed by atoms with Crippen molar-refractivity contribution in [1.82, 2.24) is 0 Å². The van der Waals surface area contributed by atoms with Gasteiger partial charge in [0.2, 0.25) is 0 Å². The standard InChI is InChI=1S/C11H12BrNO4/c1-11(2,3)17-10(14)7-4-5-9(13(15)16)8(12)6-7/h4-6H,1-3H3. The molecule has 0 atom stereocenters. The van der Waals surface area contributed by atoms with Crippen LogP contribution in [-0.2, 0) is 4.74 Å². The molecule has 1 rings (SSSR count). The number of benzene rings is 1. The number of carbonyl (C=O) groups excluding carboxylic acids is 1. The first kappa shape index (κ1) is 13.6. The Bertz CT molecular complexity index is 465. The van der Waals surface area contributed by atoms with Gasteiger partial charge in [0, 0.05) is 6.07 Å². The van der Waals surface area contributed by atoms with Gasteiger partial charge in [0.1, 0.15) is 5.60 Å². The van der Waals surface area contributed by atoms with E-state index in [0.717, 1.165) is 0 Å². The molecule has 0 fully saturated rings. The Kier molecular flexibility index (Phi) is 3.87. The Morgan fingerprint density at radius 2 is 2.00 bits per heavy atom. The van der Waals surface area contributed by atoms with Crippen molar-refractivity contribution in [3.05, 3.63) is 38.3 Å². The van der Waals surface area contributed by atoms with Crippen molar-refractivity contribution in [2.45, 2.75) is 26.4 Å². The molecule has 6 heteroatoms. The number of hydrogen-bond acceptors (Lipinski definition) is 4. The molecule has 0 N–H and O–H groups in total. The summed E-state index contributed by atoms with van der Waals surface area (Å²) in [5.74, 6) is -0.506. The normalized spacial score (nSPS) is 11.1. The second kappa shape index (κ2) is 4.83. The maximum Gasteiger partial charge on any atom is 0.338 e. The number of nitro benzene ring substituents is 1. The second-order valence-electron chi connectivity index (χ2n) is 4.43. The van der Waals surface area contributed by atoms with E-state index in [1.165, 1.54) is 18.2 Å². The Morgan fingerprint density at radius 3 is 2.41 bits per heavy atom. The Balaban J connectivity index is 2.98. The van der Waals surface area contributed by atoms with Crippen molar-refractivity contribution in [3.63, 3.8) is 0 Å². The van der Waals surface area contributed by atoms with Crippen LogP contribution in [0.5, 0.6) is 0 Å².